The number of thioether (sulfide) groups is 1. The van der Waals surface area contributed by atoms with E-state index in [-0.39, 0.29) is 11.8 Å². The molecule has 0 radical (unpaired) electrons. The second kappa shape index (κ2) is 10.7. The summed E-state index contributed by atoms with van der Waals surface area (Å²) < 4.78 is 0. The van der Waals surface area contributed by atoms with Gasteiger partial charge in [-0.2, -0.15) is 0 Å². The van der Waals surface area contributed by atoms with E-state index in [9.17, 15) is 9.59 Å². The van der Waals surface area contributed by atoms with Crippen molar-refractivity contribution in [1.29, 1.82) is 0 Å². The predicted molar refractivity (Wildman–Crippen MR) is 103 cm³/mol. The summed E-state index contributed by atoms with van der Waals surface area (Å²) in [6.45, 7) is 6.44. The number of quaternary nitrogens is 1. The lowest BCUT2D eigenvalue weighted by Gasteiger charge is -2.31. The molecule has 0 aliphatic carbocycles. The average molecular weight is 385 g/mol. The molecule has 2 N–H and O–H groups in total. The fourth-order valence-corrected chi connectivity index (χ4v) is 3.74. The van der Waals surface area contributed by atoms with E-state index in [1.54, 1.807) is 11.8 Å². The Labute approximate surface area is 159 Å². The van der Waals surface area contributed by atoms with Crippen molar-refractivity contribution in [1.82, 2.24) is 10.2 Å². The van der Waals surface area contributed by atoms with Crippen LogP contribution in [0, 0.1) is 0 Å². The van der Waals surface area contributed by atoms with Gasteiger partial charge in [-0.25, -0.2) is 0 Å². The van der Waals surface area contributed by atoms with E-state index in [0.29, 0.717) is 12.3 Å². The Morgan fingerprint density at radius 3 is 2.56 bits per heavy atom. The second-order valence-corrected chi connectivity index (χ2v) is 7.70. The maximum Gasteiger partial charge on any atom is 0.275 e. The van der Waals surface area contributed by atoms with E-state index in [1.165, 1.54) is 10.5 Å². The lowest BCUT2D eigenvalue weighted by Crippen LogP contribution is -3.15. The molecule has 1 saturated heterocycles. The highest BCUT2D eigenvalue weighted by Crippen LogP contribution is 2.15. The van der Waals surface area contributed by atoms with Crippen LogP contribution in [0.1, 0.15) is 18.9 Å². The third-order valence-electron chi connectivity index (χ3n) is 4.21. The summed E-state index contributed by atoms with van der Waals surface area (Å²) in [7, 11) is 0. The maximum atomic E-state index is 12.3. The Morgan fingerprint density at radius 1 is 1.24 bits per heavy atom. The molecule has 1 aliphatic heterocycles. The van der Waals surface area contributed by atoms with Crippen LogP contribution in [0.4, 0.5) is 0 Å². The summed E-state index contributed by atoms with van der Waals surface area (Å²) in [5.74, 6) is 1.60. The molecule has 0 bridgehead atoms. The molecular weight excluding hydrogens is 358 g/mol. The Kier molecular flexibility index (Phi) is 8.58. The Morgan fingerprint density at radius 2 is 1.92 bits per heavy atom. The molecule has 25 heavy (non-hydrogen) atoms. The highest BCUT2D eigenvalue weighted by atomic mass is 35.5. The highest BCUT2D eigenvalue weighted by Gasteiger charge is 2.24. The minimum atomic E-state index is 0.107. The first-order chi connectivity index (χ1) is 12.1. The zero-order chi connectivity index (χ0) is 18.1. The third kappa shape index (κ3) is 7.26. The number of nitrogens with one attached hydrogen (secondary N) is 2. The van der Waals surface area contributed by atoms with Crippen LogP contribution >= 0.6 is 23.4 Å². The van der Waals surface area contributed by atoms with Gasteiger partial charge >= 0.3 is 0 Å². The summed E-state index contributed by atoms with van der Waals surface area (Å²) >= 11 is 7.50. The molecule has 2 amide bonds. The number of piperazine rings is 1. The molecule has 1 aromatic carbocycles. The number of hydrogen-bond donors (Lipinski definition) is 2. The largest absolute Gasteiger partial charge is 0.351 e. The van der Waals surface area contributed by atoms with Crippen molar-refractivity contribution < 1.29 is 14.5 Å². The zero-order valence-electron chi connectivity index (χ0n) is 14.7. The lowest BCUT2D eigenvalue weighted by atomic mass is 10.2. The van der Waals surface area contributed by atoms with Crippen molar-refractivity contribution in [3.05, 3.63) is 34.9 Å². The molecule has 2 rings (SSSR count). The molecule has 7 heteroatoms. The summed E-state index contributed by atoms with van der Waals surface area (Å²) in [6, 6.07) is 7.73. The van der Waals surface area contributed by atoms with E-state index in [2.05, 4.69) is 5.32 Å². The van der Waals surface area contributed by atoms with Crippen LogP contribution in [-0.4, -0.2) is 61.7 Å². The minimum Gasteiger partial charge on any atom is -0.351 e. The van der Waals surface area contributed by atoms with Gasteiger partial charge < -0.3 is 15.1 Å². The predicted octanol–water partition coefficient (Wildman–Crippen LogP) is 0.827. The molecule has 1 aliphatic rings. The quantitative estimate of drug-likeness (QED) is 0.698. The van der Waals surface area contributed by atoms with Gasteiger partial charge in [-0.15, -0.1) is 11.8 Å². The van der Waals surface area contributed by atoms with E-state index in [4.69, 9.17) is 11.6 Å². The van der Waals surface area contributed by atoms with E-state index in [1.807, 2.05) is 36.1 Å². The van der Waals surface area contributed by atoms with Gasteiger partial charge in [0.2, 0.25) is 5.91 Å². The first-order valence-electron chi connectivity index (χ1n) is 8.78. The molecule has 5 nitrogen and oxygen atoms in total. The third-order valence-corrected chi connectivity index (χ3v) is 5.45. The van der Waals surface area contributed by atoms with Crippen LogP contribution in [0.5, 0.6) is 0 Å². The van der Waals surface area contributed by atoms with E-state index < -0.39 is 0 Å². The molecule has 138 valence electrons. The van der Waals surface area contributed by atoms with Crippen molar-refractivity contribution in [2.75, 3.05) is 45.0 Å². The van der Waals surface area contributed by atoms with Crippen LogP contribution in [0.3, 0.4) is 0 Å². The topological polar surface area (TPSA) is 53.9 Å². The number of halogens is 1. The summed E-state index contributed by atoms with van der Waals surface area (Å²) in [4.78, 5) is 27.2. The smallest absolute Gasteiger partial charge is 0.275 e. The van der Waals surface area contributed by atoms with Crippen molar-refractivity contribution in [3.8, 4) is 0 Å². The van der Waals surface area contributed by atoms with Crippen LogP contribution in [0.15, 0.2) is 24.3 Å². The van der Waals surface area contributed by atoms with Gasteiger partial charge in [0.05, 0.1) is 31.9 Å². The SMILES string of the molecule is CCCNC(=O)C[NH+]1CCN(C(=O)CSCc2ccc(Cl)cc2)CC1. The van der Waals surface area contributed by atoms with E-state index in [0.717, 1.165) is 49.9 Å². The van der Waals surface area contributed by atoms with Gasteiger partial charge in [-0.1, -0.05) is 30.7 Å². The second-order valence-electron chi connectivity index (χ2n) is 6.28. The van der Waals surface area contributed by atoms with Crippen LogP contribution in [0.25, 0.3) is 0 Å². The normalized spacial score (nSPS) is 15.2. The minimum absolute atomic E-state index is 0.107. The molecule has 1 heterocycles. The van der Waals surface area contributed by atoms with Crippen LogP contribution < -0.4 is 10.2 Å². The number of amides is 2. The van der Waals surface area contributed by atoms with Crippen molar-refractivity contribution >= 4 is 35.2 Å². The van der Waals surface area contributed by atoms with Gasteiger partial charge in [0.15, 0.2) is 6.54 Å². The standard InChI is InChI=1S/C18H26ClN3O2S/c1-2-7-20-17(23)12-21-8-10-22(11-9-21)18(24)14-25-13-15-3-5-16(19)6-4-15/h3-6H,2,7-14H2,1H3,(H,20,23)/p+1. The zero-order valence-corrected chi connectivity index (χ0v) is 16.3. The Bertz CT molecular complexity index is 560. The fourth-order valence-electron chi connectivity index (χ4n) is 2.73. The number of carbonyl (C=O) groups is 2. The number of nitrogens with zero attached hydrogens (tertiary/aromatic N) is 1. The molecule has 0 aromatic heterocycles. The number of carbonyl (C=O) groups excluding carboxylic acids is 2. The molecule has 1 aromatic rings. The molecule has 0 saturated carbocycles. The Hall–Kier alpha value is -1.24. The molecule has 1 fully saturated rings. The molecule has 0 atom stereocenters. The van der Waals surface area contributed by atoms with Crippen molar-refractivity contribution in [2.45, 2.75) is 19.1 Å². The number of hydrogen-bond acceptors (Lipinski definition) is 3. The van der Waals surface area contributed by atoms with E-state index >= 15 is 0 Å². The lowest BCUT2D eigenvalue weighted by molar-refractivity contribution is -0.896. The van der Waals surface area contributed by atoms with Gasteiger partial charge in [0.25, 0.3) is 5.91 Å². The molecule has 0 unspecified atom stereocenters. The average Bonchev–Trinajstić information content (AvgIpc) is 2.62. The molecule has 0 spiro atoms. The number of rotatable bonds is 8. The van der Waals surface area contributed by atoms with Crippen LogP contribution in [-0.2, 0) is 15.3 Å². The van der Waals surface area contributed by atoms with Gasteiger partial charge in [0, 0.05) is 17.3 Å². The summed E-state index contributed by atoms with van der Waals surface area (Å²) in [5.41, 5.74) is 1.18. The highest BCUT2D eigenvalue weighted by molar-refractivity contribution is 7.99. The number of benzene rings is 1. The molecular formula is C18H27ClN3O2S+. The fraction of sp³-hybridized carbons (Fsp3) is 0.556. The monoisotopic (exact) mass is 384 g/mol. The van der Waals surface area contributed by atoms with Crippen LogP contribution in [0.2, 0.25) is 5.02 Å². The van der Waals surface area contributed by atoms with Gasteiger partial charge in [-0.05, 0) is 24.1 Å². The maximum absolute atomic E-state index is 12.3. The first kappa shape index (κ1) is 20.1. The summed E-state index contributed by atoms with van der Waals surface area (Å²) in [5, 5.41) is 3.64. The Balaban J connectivity index is 1.63. The van der Waals surface area contributed by atoms with Gasteiger partial charge in [-0.3, -0.25) is 9.59 Å². The first-order valence-corrected chi connectivity index (χ1v) is 10.3. The van der Waals surface area contributed by atoms with Gasteiger partial charge in [0.1, 0.15) is 0 Å². The summed E-state index contributed by atoms with van der Waals surface area (Å²) in [6.07, 6.45) is 0.955. The van der Waals surface area contributed by atoms with Crippen molar-refractivity contribution in [2.24, 2.45) is 0 Å². The van der Waals surface area contributed by atoms with Crippen molar-refractivity contribution in [3.63, 3.8) is 0 Å².